The van der Waals surface area contributed by atoms with Crippen molar-refractivity contribution in [2.24, 2.45) is 0 Å². The Labute approximate surface area is 85.8 Å². The number of hydrogen-bond acceptors (Lipinski definition) is 3. The van der Waals surface area contributed by atoms with Gasteiger partial charge in [0.05, 0.1) is 12.4 Å². The predicted octanol–water partition coefficient (Wildman–Crippen LogP) is 1.37. The lowest BCUT2D eigenvalue weighted by atomic mass is 10.2. The number of hydrogen-bond donors (Lipinski definition) is 1. The smallest absolute Gasteiger partial charge is 0.0615 e. The van der Waals surface area contributed by atoms with Gasteiger partial charge in [0.2, 0.25) is 0 Å². The molecule has 3 heteroatoms. The highest BCUT2D eigenvalue weighted by Gasteiger charge is 2.02. The molecule has 0 rings (SSSR count). The monoisotopic (exact) mass is 201 g/mol. The van der Waals surface area contributed by atoms with Crippen LogP contribution in [0.5, 0.6) is 0 Å². The predicted molar refractivity (Wildman–Crippen MR) is 60.1 cm³/mol. The van der Waals surface area contributed by atoms with Crippen molar-refractivity contribution in [2.75, 3.05) is 31.8 Å². The molecule has 0 aromatic rings. The molecule has 0 amide bonds. The summed E-state index contributed by atoms with van der Waals surface area (Å²) in [5.41, 5.74) is 0. The van der Waals surface area contributed by atoms with Crippen LogP contribution in [0, 0.1) is 12.3 Å². The van der Waals surface area contributed by atoms with Crippen LogP contribution in [0.25, 0.3) is 0 Å². The SMILES string of the molecule is C#CCSCCNC(CC)COC. The first-order valence-corrected chi connectivity index (χ1v) is 5.74. The first kappa shape index (κ1) is 12.8. The zero-order valence-corrected chi connectivity index (χ0v) is 9.32. The van der Waals surface area contributed by atoms with Crippen LogP contribution >= 0.6 is 11.8 Å². The fraction of sp³-hybridized carbons (Fsp3) is 0.800. The van der Waals surface area contributed by atoms with E-state index in [0.717, 1.165) is 31.1 Å². The molecule has 0 saturated heterocycles. The van der Waals surface area contributed by atoms with E-state index in [9.17, 15) is 0 Å². The fourth-order valence-corrected chi connectivity index (χ4v) is 1.51. The molecule has 0 radical (unpaired) electrons. The average molecular weight is 201 g/mol. The highest BCUT2D eigenvalue weighted by Crippen LogP contribution is 1.97. The maximum Gasteiger partial charge on any atom is 0.0615 e. The Morgan fingerprint density at radius 3 is 2.92 bits per heavy atom. The molecule has 0 heterocycles. The normalized spacial score (nSPS) is 12.4. The molecule has 0 aromatic carbocycles. The summed E-state index contributed by atoms with van der Waals surface area (Å²) in [5, 5.41) is 3.41. The van der Waals surface area contributed by atoms with E-state index in [1.54, 1.807) is 18.9 Å². The molecular formula is C10H19NOS. The summed E-state index contributed by atoms with van der Waals surface area (Å²) in [6.45, 7) is 3.95. The number of ether oxygens (including phenoxy) is 1. The Bertz CT molecular complexity index is 144. The minimum atomic E-state index is 0.483. The van der Waals surface area contributed by atoms with Gasteiger partial charge in [-0.15, -0.1) is 18.2 Å². The summed E-state index contributed by atoms with van der Waals surface area (Å²) >= 11 is 1.78. The average Bonchev–Trinajstić information content (AvgIpc) is 2.16. The first-order chi connectivity index (χ1) is 6.35. The zero-order chi connectivity index (χ0) is 9.94. The van der Waals surface area contributed by atoms with Crippen molar-refractivity contribution in [3.05, 3.63) is 0 Å². The van der Waals surface area contributed by atoms with Gasteiger partial charge in [0.25, 0.3) is 0 Å². The number of rotatable bonds is 8. The molecule has 0 fully saturated rings. The Morgan fingerprint density at radius 1 is 1.62 bits per heavy atom. The molecule has 0 spiro atoms. The van der Waals surface area contributed by atoms with Crippen LogP contribution in [0.4, 0.5) is 0 Å². The summed E-state index contributed by atoms with van der Waals surface area (Å²) < 4.78 is 5.07. The summed E-state index contributed by atoms with van der Waals surface area (Å²) in [6.07, 6.45) is 6.24. The van der Waals surface area contributed by atoms with Crippen molar-refractivity contribution >= 4 is 11.8 Å². The number of nitrogens with one attached hydrogen (secondary N) is 1. The molecule has 0 aromatic heterocycles. The molecule has 0 aliphatic carbocycles. The van der Waals surface area contributed by atoms with Gasteiger partial charge < -0.3 is 10.1 Å². The van der Waals surface area contributed by atoms with Gasteiger partial charge >= 0.3 is 0 Å². The molecule has 0 aliphatic rings. The van der Waals surface area contributed by atoms with Crippen molar-refractivity contribution in [1.29, 1.82) is 0 Å². The van der Waals surface area contributed by atoms with Gasteiger partial charge in [0.15, 0.2) is 0 Å². The second-order valence-electron chi connectivity index (χ2n) is 2.77. The number of terminal acetylenes is 1. The summed E-state index contributed by atoms with van der Waals surface area (Å²) in [7, 11) is 1.73. The van der Waals surface area contributed by atoms with Gasteiger partial charge in [-0.1, -0.05) is 12.8 Å². The van der Waals surface area contributed by atoms with E-state index in [0.29, 0.717) is 6.04 Å². The van der Waals surface area contributed by atoms with Gasteiger partial charge in [-0.05, 0) is 6.42 Å². The van der Waals surface area contributed by atoms with Gasteiger partial charge in [-0.25, -0.2) is 0 Å². The van der Waals surface area contributed by atoms with E-state index in [4.69, 9.17) is 11.2 Å². The van der Waals surface area contributed by atoms with Crippen molar-refractivity contribution in [1.82, 2.24) is 5.32 Å². The van der Waals surface area contributed by atoms with Crippen LogP contribution in [-0.2, 0) is 4.74 Å². The summed E-state index contributed by atoms with van der Waals surface area (Å²) in [5.74, 6) is 4.49. The summed E-state index contributed by atoms with van der Waals surface area (Å²) in [6, 6.07) is 0.483. The third-order valence-electron chi connectivity index (χ3n) is 1.73. The van der Waals surface area contributed by atoms with E-state index < -0.39 is 0 Å². The van der Waals surface area contributed by atoms with E-state index >= 15 is 0 Å². The molecule has 0 saturated carbocycles. The van der Waals surface area contributed by atoms with E-state index in [-0.39, 0.29) is 0 Å². The largest absolute Gasteiger partial charge is 0.383 e. The lowest BCUT2D eigenvalue weighted by Crippen LogP contribution is -2.34. The van der Waals surface area contributed by atoms with E-state index in [1.807, 2.05) is 0 Å². The maximum atomic E-state index is 5.13. The zero-order valence-electron chi connectivity index (χ0n) is 8.51. The van der Waals surface area contributed by atoms with Gasteiger partial charge in [0, 0.05) is 25.4 Å². The van der Waals surface area contributed by atoms with Crippen LogP contribution < -0.4 is 5.32 Å². The van der Waals surface area contributed by atoms with Gasteiger partial charge in [0.1, 0.15) is 0 Å². The minimum absolute atomic E-state index is 0.483. The first-order valence-electron chi connectivity index (χ1n) is 4.58. The van der Waals surface area contributed by atoms with Crippen molar-refractivity contribution in [3.8, 4) is 12.3 Å². The van der Waals surface area contributed by atoms with Crippen molar-refractivity contribution in [3.63, 3.8) is 0 Å². The lowest BCUT2D eigenvalue weighted by molar-refractivity contribution is 0.165. The van der Waals surface area contributed by atoms with E-state index in [1.165, 1.54) is 0 Å². The second kappa shape index (κ2) is 9.91. The molecule has 2 nitrogen and oxygen atoms in total. The Hall–Kier alpha value is -0.170. The fourth-order valence-electron chi connectivity index (χ4n) is 0.989. The van der Waals surface area contributed by atoms with Crippen LogP contribution in [-0.4, -0.2) is 37.8 Å². The lowest BCUT2D eigenvalue weighted by Gasteiger charge is -2.15. The molecule has 0 bridgehead atoms. The second-order valence-corrected chi connectivity index (χ2v) is 3.88. The van der Waals surface area contributed by atoms with Gasteiger partial charge in [-0.2, -0.15) is 0 Å². The standard InChI is InChI=1S/C10H19NOS/c1-4-7-13-8-6-11-10(5-2)9-12-3/h1,10-11H,5-9H2,2-3H3. The highest BCUT2D eigenvalue weighted by molar-refractivity contribution is 7.99. The van der Waals surface area contributed by atoms with E-state index in [2.05, 4.69) is 18.2 Å². The Balaban J connectivity index is 3.23. The quantitative estimate of drug-likeness (QED) is 0.473. The summed E-state index contributed by atoms with van der Waals surface area (Å²) in [4.78, 5) is 0. The third-order valence-corrected chi connectivity index (χ3v) is 2.59. The molecule has 13 heavy (non-hydrogen) atoms. The highest BCUT2D eigenvalue weighted by atomic mass is 32.2. The molecule has 1 atom stereocenters. The molecule has 1 N–H and O–H groups in total. The van der Waals surface area contributed by atoms with Crippen LogP contribution in [0.2, 0.25) is 0 Å². The third kappa shape index (κ3) is 8.17. The Morgan fingerprint density at radius 2 is 2.38 bits per heavy atom. The minimum Gasteiger partial charge on any atom is -0.383 e. The molecule has 1 unspecified atom stereocenters. The number of methoxy groups -OCH3 is 1. The van der Waals surface area contributed by atoms with Gasteiger partial charge in [-0.3, -0.25) is 0 Å². The van der Waals surface area contributed by atoms with Crippen molar-refractivity contribution in [2.45, 2.75) is 19.4 Å². The van der Waals surface area contributed by atoms with Crippen molar-refractivity contribution < 1.29 is 4.74 Å². The molecule has 0 aliphatic heterocycles. The maximum absolute atomic E-state index is 5.13. The Kier molecular flexibility index (Phi) is 9.78. The number of thioether (sulfide) groups is 1. The van der Waals surface area contributed by atoms with Crippen LogP contribution in [0.3, 0.4) is 0 Å². The molecular weight excluding hydrogens is 182 g/mol. The van der Waals surface area contributed by atoms with Crippen LogP contribution in [0.1, 0.15) is 13.3 Å². The van der Waals surface area contributed by atoms with Crippen LogP contribution in [0.15, 0.2) is 0 Å². The molecule has 76 valence electrons. The topological polar surface area (TPSA) is 21.3 Å².